The summed E-state index contributed by atoms with van der Waals surface area (Å²) in [7, 11) is 0. The van der Waals surface area contributed by atoms with Crippen LogP contribution in [-0.2, 0) is 12.8 Å². The number of nitrogens with two attached hydrogens (primary N) is 1. The molecule has 2 rings (SSSR count). The summed E-state index contributed by atoms with van der Waals surface area (Å²) in [5, 5.41) is 3.07. The Labute approximate surface area is 118 Å². The fourth-order valence-electron chi connectivity index (χ4n) is 2.04. The van der Waals surface area contributed by atoms with Crippen molar-refractivity contribution < 1.29 is 4.39 Å². The number of aryl methyl sites for hydroxylation is 1. The first kappa shape index (κ1) is 14.4. The van der Waals surface area contributed by atoms with Gasteiger partial charge in [-0.25, -0.2) is 14.4 Å². The molecule has 1 aromatic carbocycles. The predicted molar refractivity (Wildman–Crippen MR) is 78.0 cm³/mol. The van der Waals surface area contributed by atoms with Crippen LogP contribution in [0.15, 0.2) is 36.7 Å². The summed E-state index contributed by atoms with van der Waals surface area (Å²) < 4.78 is 14.1. The summed E-state index contributed by atoms with van der Waals surface area (Å²) in [4.78, 5) is 7.88. The highest BCUT2D eigenvalue weighted by molar-refractivity contribution is 5.39. The number of nitrogens with zero attached hydrogens (tertiary/aromatic N) is 2. The molecule has 3 N–H and O–H groups in total. The molecule has 0 aliphatic rings. The average molecular weight is 274 g/mol. The second kappa shape index (κ2) is 6.96. The van der Waals surface area contributed by atoms with E-state index in [1.165, 1.54) is 6.33 Å². The Hall–Kier alpha value is -2.01. The standard InChI is InChI=1S/C15H19FN4/c1-2-13-14(16)15(19-10-18-13)20-12(9-17)8-11-6-4-3-5-7-11/h3-7,10,12H,2,8-9,17H2,1H3,(H,18,19,20). The van der Waals surface area contributed by atoms with Gasteiger partial charge in [0.05, 0.1) is 5.69 Å². The van der Waals surface area contributed by atoms with E-state index in [2.05, 4.69) is 15.3 Å². The van der Waals surface area contributed by atoms with Crippen molar-refractivity contribution in [2.24, 2.45) is 5.73 Å². The minimum Gasteiger partial charge on any atom is -0.363 e. The largest absolute Gasteiger partial charge is 0.363 e. The minimum absolute atomic E-state index is 0.0634. The Balaban J connectivity index is 2.10. The average Bonchev–Trinajstić information content (AvgIpc) is 2.49. The molecule has 1 unspecified atom stereocenters. The lowest BCUT2D eigenvalue weighted by Crippen LogP contribution is -2.32. The van der Waals surface area contributed by atoms with Crippen LogP contribution in [0.1, 0.15) is 18.2 Å². The molecule has 2 aromatic rings. The molecule has 20 heavy (non-hydrogen) atoms. The summed E-state index contributed by atoms with van der Waals surface area (Å²) in [5.74, 6) is -0.162. The monoisotopic (exact) mass is 274 g/mol. The number of nitrogens with one attached hydrogen (secondary N) is 1. The molecule has 0 saturated heterocycles. The molecule has 0 spiro atoms. The Morgan fingerprint density at radius 3 is 2.65 bits per heavy atom. The van der Waals surface area contributed by atoms with Gasteiger partial charge in [0.1, 0.15) is 6.33 Å². The lowest BCUT2D eigenvalue weighted by Gasteiger charge is -2.18. The third kappa shape index (κ3) is 3.51. The number of hydrogen-bond acceptors (Lipinski definition) is 4. The number of rotatable bonds is 6. The van der Waals surface area contributed by atoms with Crippen LogP contribution >= 0.6 is 0 Å². The van der Waals surface area contributed by atoms with Crippen molar-refractivity contribution >= 4 is 5.82 Å². The van der Waals surface area contributed by atoms with Crippen LogP contribution in [-0.4, -0.2) is 22.6 Å². The van der Waals surface area contributed by atoms with Crippen molar-refractivity contribution in [3.8, 4) is 0 Å². The van der Waals surface area contributed by atoms with E-state index in [-0.39, 0.29) is 17.7 Å². The van der Waals surface area contributed by atoms with E-state index in [4.69, 9.17) is 5.73 Å². The Morgan fingerprint density at radius 1 is 1.25 bits per heavy atom. The van der Waals surface area contributed by atoms with E-state index in [9.17, 15) is 4.39 Å². The van der Waals surface area contributed by atoms with Crippen LogP contribution in [0.2, 0.25) is 0 Å². The number of benzene rings is 1. The number of anilines is 1. The summed E-state index contributed by atoms with van der Waals surface area (Å²) in [6.45, 7) is 2.26. The van der Waals surface area contributed by atoms with Crippen LogP contribution in [0, 0.1) is 5.82 Å². The van der Waals surface area contributed by atoms with E-state index in [0.29, 0.717) is 18.7 Å². The molecule has 0 bridgehead atoms. The number of hydrogen-bond donors (Lipinski definition) is 2. The van der Waals surface area contributed by atoms with Crippen LogP contribution in [0.4, 0.5) is 10.2 Å². The van der Waals surface area contributed by atoms with Crippen LogP contribution in [0.25, 0.3) is 0 Å². The molecule has 0 aliphatic carbocycles. The van der Waals surface area contributed by atoms with Crippen molar-refractivity contribution in [2.45, 2.75) is 25.8 Å². The molecule has 0 saturated carbocycles. The summed E-state index contributed by atoms with van der Waals surface area (Å²) in [6, 6.07) is 9.90. The van der Waals surface area contributed by atoms with Gasteiger partial charge in [0, 0.05) is 12.6 Å². The molecule has 0 aliphatic heterocycles. The number of aromatic nitrogens is 2. The first-order valence-electron chi connectivity index (χ1n) is 6.74. The van der Waals surface area contributed by atoms with Crippen LogP contribution < -0.4 is 11.1 Å². The molecule has 106 valence electrons. The summed E-state index contributed by atoms with van der Waals surface area (Å²) in [5.41, 5.74) is 7.33. The highest BCUT2D eigenvalue weighted by Gasteiger charge is 2.14. The van der Waals surface area contributed by atoms with Gasteiger partial charge in [-0.15, -0.1) is 0 Å². The summed E-state index contributed by atoms with van der Waals surface area (Å²) >= 11 is 0. The van der Waals surface area contributed by atoms with E-state index in [1.807, 2.05) is 37.3 Å². The zero-order chi connectivity index (χ0) is 14.4. The van der Waals surface area contributed by atoms with Crippen molar-refractivity contribution in [3.05, 3.63) is 53.7 Å². The molecule has 1 atom stereocenters. The summed E-state index contributed by atoms with van der Waals surface area (Å²) in [6.07, 6.45) is 2.64. The van der Waals surface area contributed by atoms with Crippen molar-refractivity contribution in [2.75, 3.05) is 11.9 Å². The normalized spacial score (nSPS) is 12.2. The van der Waals surface area contributed by atoms with Gasteiger partial charge in [-0.3, -0.25) is 0 Å². The maximum Gasteiger partial charge on any atom is 0.186 e. The lowest BCUT2D eigenvalue weighted by atomic mass is 10.1. The quantitative estimate of drug-likeness (QED) is 0.847. The molecular weight excluding hydrogens is 255 g/mol. The SMILES string of the molecule is CCc1ncnc(NC(CN)Cc2ccccc2)c1F. The van der Waals surface area contributed by atoms with Crippen molar-refractivity contribution in [3.63, 3.8) is 0 Å². The smallest absolute Gasteiger partial charge is 0.186 e. The molecule has 4 nitrogen and oxygen atoms in total. The zero-order valence-electron chi connectivity index (χ0n) is 11.5. The van der Waals surface area contributed by atoms with Gasteiger partial charge in [0.2, 0.25) is 0 Å². The molecule has 1 heterocycles. The highest BCUT2D eigenvalue weighted by atomic mass is 19.1. The van der Waals surface area contributed by atoms with Gasteiger partial charge < -0.3 is 11.1 Å². The highest BCUT2D eigenvalue weighted by Crippen LogP contribution is 2.15. The maximum atomic E-state index is 14.1. The van der Waals surface area contributed by atoms with Gasteiger partial charge >= 0.3 is 0 Å². The topological polar surface area (TPSA) is 63.8 Å². The van der Waals surface area contributed by atoms with E-state index >= 15 is 0 Å². The van der Waals surface area contributed by atoms with Crippen LogP contribution in [0.5, 0.6) is 0 Å². The minimum atomic E-state index is -0.387. The second-order valence-corrected chi connectivity index (χ2v) is 4.60. The third-order valence-corrected chi connectivity index (χ3v) is 3.15. The Kier molecular flexibility index (Phi) is 5.01. The molecular formula is C15H19FN4. The Bertz CT molecular complexity index is 545. The molecule has 0 amide bonds. The van der Waals surface area contributed by atoms with Crippen LogP contribution in [0.3, 0.4) is 0 Å². The van der Waals surface area contributed by atoms with Gasteiger partial charge in [0.25, 0.3) is 0 Å². The van der Waals surface area contributed by atoms with E-state index in [1.54, 1.807) is 0 Å². The van der Waals surface area contributed by atoms with Gasteiger partial charge in [-0.1, -0.05) is 37.3 Å². The van der Waals surface area contributed by atoms with E-state index < -0.39 is 0 Å². The second-order valence-electron chi connectivity index (χ2n) is 4.60. The number of halogens is 1. The first-order chi connectivity index (χ1) is 9.74. The fraction of sp³-hybridized carbons (Fsp3) is 0.333. The Morgan fingerprint density at radius 2 is 2.00 bits per heavy atom. The fourth-order valence-corrected chi connectivity index (χ4v) is 2.04. The van der Waals surface area contributed by atoms with E-state index in [0.717, 1.165) is 12.0 Å². The molecule has 5 heteroatoms. The molecule has 1 aromatic heterocycles. The predicted octanol–water partition coefficient (Wildman–Crippen LogP) is 2.16. The lowest BCUT2D eigenvalue weighted by molar-refractivity contribution is 0.590. The van der Waals surface area contributed by atoms with Crippen molar-refractivity contribution in [1.82, 2.24) is 9.97 Å². The molecule has 0 radical (unpaired) electrons. The first-order valence-corrected chi connectivity index (χ1v) is 6.74. The molecule has 0 fully saturated rings. The third-order valence-electron chi connectivity index (χ3n) is 3.15. The van der Waals surface area contributed by atoms with Crippen molar-refractivity contribution in [1.29, 1.82) is 0 Å². The van der Waals surface area contributed by atoms with Gasteiger partial charge in [-0.05, 0) is 18.4 Å². The maximum absolute atomic E-state index is 14.1. The van der Waals surface area contributed by atoms with Gasteiger partial charge in [-0.2, -0.15) is 0 Å². The van der Waals surface area contributed by atoms with Gasteiger partial charge in [0.15, 0.2) is 11.6 Å². The zero-order valence-corrected chi connectivity index (χ0v) is 11.5.